The largest absolute Gasteiger partial charge is 0.451 e. The fourth-order valence-electron chi connectivity index (χ4n) is 4.59. The summed E-state index contributed by atoms with van der Waals surface area (Å²) in [6.07, 6.45) is 6.02. The summed E-state index contributed by atoms with van der Waals surface area (Å²) >= 11 is 3.49. The number of amides is 1. The van der Waals surface area contributed by atoms with Crippen LogP contribution in [-0.4, -0.2) is 49.2 Å². The van der Waals surface area contributed by atoms with Crippen molar-refractivity contribution < 1.29 is 13.9 Å². The lowest BCUT2D eigenvalue weighted by atomic mass is 9.79. The zero-order chi connectivity index (χ0) is 18.9. The molecule has 2 aliphatic rings. The first-order valence-electron chi connectivity index (χ1n) is 9.89. The van der Waals surface area contributed by atoms with Gasteiger partial charge in [0.25, 0.3) is 5.91 Å². The summed E-state index contributed by atoms with van der Waals surface area (Å²) in [7, 11) is 0. The standard InChI is InChI=1S/C21H27BrN2O3.ClH/c1-15-17-13-16(22)5-6-18(17)27-19(15)20(25)23-14-21(7-3-2-4-8-21)24-9-11-26-12-10-24;/h5-6,13H,2-4,7-12,14H2,1H3,(H,23,25);1H. The molecule has 154 valence electrons. The van der Waals surface area contributed by atoms with Gasteiger partial charge in [-0.3, -0.25) is 9.69 Å². The van der Waals surface area contributed by atoms with Crippen LogP contribution in [0.2, 0.25) is 0 Å². The van der Waals surface area contributed by atoms with Gasteiger partial charge in [-0.05, 0) is 38.0 Å². The smallest absolute Gasteiger partial charge is 0.287 e. The van der Waals surface area contributed by atoms with Crippen LogP contribution in [0.1, 0.15) is 48.2 Å². The van der Waals surface area contributed by atoms with E-state index in [9.17, 15) is 4.79 Å². The van der Waals surface area contributed by atoms with E-state index in [1.54, 1.807) is 0 Å². The quantitative estimate of drug-likeness (QED) is 0.703. The number of carbonyl (C=O) groups excluding carboxylic acids is 1. The molecule has 1 aromatic heterocycles. The number of hydrogen-bond donors (Lipinski definition) is 1. The summed E-state index contributed by atoms with van der Waals surface area (Å²) in [5.41, 5.74) is 1.70. The topological polar surface area (TPSA) is 54.7 Å². The third kappa shape index (κ3) is 4.25. The lowest BCUT2D eigenvalue weighted by Crippen LogP contribution is -2.59. The zero-order valence-electron chi connectivity index (χ0n) is 16.3. The van der Waals surface area contributed by atoms with Gasteiger partial charge in [-0.25, -0.2) is 0 Å². The van der Waals surface area contributed by atoms with Crippen LogP contribution in [-0.2, 0) is 4.74 Å². The van der Waals surface area contributed by atoms with Crippen LogP contribution in [0.3, 0.4) is 0 Å². The third-order valence-electron chi connectivity index (χ3n) is 6.15. The molecule has 1 saturated heterocycles. The van der Waals surface area contributed by atoms with Crippen molar-refractivity contribution in [2.24, 2.45) is 0 Å². The lowest BCUT2D eigenvalue weighted by molar-refractivity contribution is -0.0362. The predicted molar refractivity (Wildman–Crippen MR) is 116 cm³/mol. The van der Waals surface area contributed by atoms with Crippen molar-refractivity contribution in [2.45, 2.75) is 44.6 Å². The molecule has 28 heavy (non-hydrogen) atoms. The number of ether oxygens (including phenoxy) is 1. The highest BCUT2D eigenvalue weighted by Crippen LogP contribution is 2.34. The highest BCUT2D eigenvalue weighted by molar-refractivity contribution is 9.10. The van der Waals surface area contributed by atoms with E-state index in [0.717, 1.165) is 60.2 Å². The number of nitrogens with one attached hydrogen (secondary N) is 1. The number of nitrogens with zero attached hydrogens (tertiary/aromatic N) is 1. The monoisotopic (exact) mass is 470 g/mol. The van der Waals surface area contributed by atoms with Crippen molar-refractivity contribution in [3.63, 3.8) is 0 Å². The van der Waals surface area contributed by atoms with Gasteiger partial charge in [0.05, 0.1) is 13.2 Å². The van der Waals surface area contributed by atoms with Crippen LogP contribution in [0, 0.1) is 6.92 Å². The van der Waals surface area contributed by atoms with Gasteiger partial charge < -0.3 is 14.5 Å². The second-order valence-corrected chi connectivity index (χ2v) is 8.68. The summed E-state index contributed by atoms with van der Waals surface area (Å²) in [5.74, 6) is 0.314. The number of morpholine rings is 1. The summed E-state index contributed by atoms with van der Waals surface area (Å²) in [6, 6.07) is 5.84. The predicted octanol–water partition coefficient (Wildman–Crippen LogP) is 4.69. The van der Waals surface area contributed by atoms with E-state index >= 15 is 0 Å². The van der Waals surface area contributed by atoms with E-state index in [-0.39, 0.29) is 23.9 Å². The molecule has 0 atom stereocenters. The Kier molecular flexibility index (Phi) is 7.07. The number of hydrogen-bond acceptors (Lipinski definition) is 4. The Hall–Kier alpha value is -1.08. The van der Waals surface area contributed by atoms with Gasteiger partial charge >= 0.3 is 0 Å². The van der Waals surface area contributed by atoms with Crippen molar-refractivity contribution in [3.05, 3.63) is 34.0 Å². The van der Waals surface area contributed by atoms with Crippen LogP contribution < -0.4 is 5.32 Å². The van der Waals surface area contributed by atoms with E-state index in [4.69, 9.17) is 9.15 Å². The van der Waals surface area contributed by atoms with Crippen LogP contribution in [0.15, 0.2) is 27.1 Å². The lowest BCUT2D eigenvalue weighted by Gasteiger charge is -2.48. The van der Waals surface area contributed by atoms with E-state index in [2.05, 4.69) is 26.1 Å². The van der Waals surface area contributed by atoms with Crippen LogP contribution in [0.5, 0.6) is 0 Å². The molecule has 1 amide bonds. The maximum Gasteiger partial charge on any atom is 0.287 e. The molecule has 0 spiro atoms. The molecule has 2 aromatic rings. The molecule has 1 aliphatic heterocycles. The normalized spacial score (nSPS) is 19.9. The van der Waals surface area contributed by atoms with E-state index < -0.39 is 0 Å². The Morgan fingerprint density at radius 1 is 1.21 bits per heavy atom. The summed E-state index contributed by atoms with van der Waals surface area (Å²) in [4.78, 5) is 15.5. The van der Waals surface area contributed by atoms with Gasteiger partial charge in [-0.1, -0.05) is 35.2 Å². The van der Waals surface area contributed by atoms with Gasteiger partial charge in [0, 0.05) is 40.6 Å². The van der Waals surface area contributed by atoms with Crippen molar-refractivity contribution in [1.82, 2.24) is 10.2 Å². The number of furan rings is 1. The molecule has 2 heterocycles. The Morgan fingerprint density at radius 2 is 1.93 bits per heavy atom. The van der Waals surface area contributed by atoms with Crippen LogP contribution in [0.4, 0.5) is 0 Å². The van der Waals surface area contributed by atoms with Gasteiger partial charge in [0.2, 0.25) is 0 Å². The Bertz CT molecular complexity index is 826. The van der Waals surface area contributed by atoms with Gasteiger partial charge in [-0.2, -0.15) is 0 Å². The fraction of sp³-hybridized carbons (Fsp3) is 0.571. The maximum absolute atomic E-state index is 12.9. The molecule has 2 fully saturated rings. The first kappa shape index (κ1) is 21.6. The van der Waals surface area contributed by atoms with Gasteiger partial charge in [-0.15, -0.1) is 12.4 Å². The highest BCUT2D eigenvalue weighted by atomic mass is 79.9. The third-order valence-corrected chi connectivity index (χ3v) is 6.64. The number of carbonyl (C=O) groups is 1. The molecule has 0 radical (unpaired) electrons. The second-order valence-electron chi connectivity index (χ2n) is 7.76. The van der Waals surface area contributed by atoms with Crippen LogP contribution >= 0.6 is 28.3 Å². The molecule has 1 saturated carbocycles. The van der Waals surface area contributed by atoms with Gasteiger partial charge in [0.1, 0.15) is 5.58 Å². The first-order valence-corrected chi connectivity index (χ1v) is 10.7. The van der Waals surface area contributed by atoms with Crippen molar-refractivity contribution in [2.75, 3.05) is 32.8 Å². The summed E-state index contributed by atoms with van der Waals surface area (Å²) in [5, 5.41) is 4.18. The molecule has 4 rings (SSSR count). The Morgan fingerprint density at radius 3 is 2.64 bits per heavy atom. The summed E-state index contributed by atoms with van der Waals surface area (Å²) in [6.45, 7) is 6.10. The molecular formula is C21H28BrClN2O3. The number of fused-ring (bicyclic) bond motifs is 1. The molecule has 5 nitrogen and oxygen atoms in total. The highest BCUT2D eigenvalue weighted by Gasteiger charge is 2.39. The van der Waals surface area contributed by atoms with E-state index in [1.165, 1.54) is 19.3 Å². The van der Waals surface area contributed by atoms with Crippen molar-refractivity contribution >= 4 is 45.2 Å². The average Bonchev–Trinajstić information content (AvgIpc) is 3.04. The molecule has 0 bridgehead atoms. The molecule has 0 unspecified atom stereocenters. The Balaban J connectivity index is 0.00000225. The minimum absolute atomic E-state index is 0. The van der Waals surface area contributed by atoms with Gasteiger partial charge in [0.15, 0.2) is 5.76 Å². The molecular weight excluding hydrogens is 444 g/mol. The first-order chi connectivity index (χ1) is 13.1. The summed E-state index contributed by atoms with van der Waals surface area (Å²) < 4.78 is 12.4. The molecule has 1 aliphatic carbocycles. The van der Waals surface area contributed by atoms with Crippen LogP contribution in [0.25, 0.3) is 11.0 Å². The molecule has 1 aromatic carbocycles. The molecule has 1 N–H and O–H groups in total. The fourth-order valence-corrected chi connectivity index (χ4v) is 4.95. The second kappa shape index (κ2) is 9.16. The minimum atomic E-state index is -0.113. The van der Waals surface area contributed by atoms with Crippen molar-refractivity contribution in [1.29, 1.82) is 0 Å². The zero-order valence-corrected chi connectivity index (χ0v) is 18.7. The number of halogens is 2. The average molecular weight is 472 g/mol. The van der Waals surface area contributed by atoms with Crippen molar-refractivity contribution in [3.8, 4) is 0 Å². The van der Waals surface area contributed by atoms with E-state index in [0.29, 0.717) is 12.3 Å². The Labute approximate surface area is 180 Å². The SMILES string of the molecule is Cc1c(C(=O)NCC2(N3CCOCC3)CCCCC2)oc2ccc(Br)cc12.Cl. The number of aryl methyl sites for hydroxylation is 1. The number of rotatable bonds is 4. The molecule has 7 heteroatoms. The van der Waals surface area contributed by atoms with E-state index in [1.807, 2.05) is 25.1 Å². The number of benzene rings is 1. The maximum atomic E-state index is 12.9. The minimum Gasteiger partial charge on any atom is -0.451 e.